The first-order valence-electron chi connectivity index (χ1n) is 9.65. The topological polar surface area (TPSA) is 84.2 Å². The Bertz CT molecular complexity index is 1130. The molecule has 0 spiro atoms. The van der Waals surface area contributed by atoms with Gasteiger partial charge in [0.2, 0.25) is 5.91 Å². The summed E-state index contributed by atoms with van der Waals surface area (Å²) in [6.45, 7) is 2.75. The fourth-order valence-corrected chi connectivity index (χ4v) is 3.82. The molecule has 0 atom stereocenters. The highest BCUT2D eigenvalue weighted by Crippen LogP contribution is 2.28. The number of rotatable bonds is 8. The Hall–Kier alpha value is -3.39. The Kier molecular flexibility index (Phi) is 6.24. The van der Waals surface area contributed by atoms with Crippen LogP contribution in [0, 0.1) is 0 Å². The summed E-state index contributed by atoms with van der Waals surface area (Å²) in [5.41, 5.74) is 3.79. The van der Waals surface area contributed by atoms with Crippen LogP contribution in [-0.4, -0.2) is 37.8 Å². The highest BCUT2D eigenvalue weighted by Gasteiger charge is 2.13. The largest absolute Gasteiger partial charge is 0.366 e. The van der Waals surface area contributed by atoms with Crippen molar-refractivity contribution in [2.45, 2.75) is 18.4 Å². The molecule has 0 radical (unpaired) electrons. The van der Waals surface area contributed by atoms with Crippen LogP contribution in [0.3, 0.4) is 0 Å². The molecule has 1 amide bonds. The van der Waals surface area contributed by atoms with Crippen molar-refractivity contribution in [2.75, 3.05) is 17.6 Å². The lowest BCUT2D eigenvalue weighted by Crippen LogP contribution is -2.22. The molecule has 7 nitrogen and oxygen atoms in total. The van der Waals surface area contributed by atoms with Gasteiger partial charge in [-0.05, 0) is 11.6 Å². The summed E-state index contributed by atoms with van der Waals surface area (Å²) in [5.74, 6) is 1.58. The number of aromatic nitrogens is 4. The zero-order chi connectivity index (χ0) is 20.8. The zero-order valence-electron chi connectivity index (χ0n) is 16.6. The fraction of sp³-hybridized carbons (Fsp3) is 0.182. The molecule has 0 unspecified atom stereocenters. The molecule has 0 aliphatic rings. The molecule has 1 aromatic carbocycles. The van der Waals surface area contributed by atoms with Crippen molar-refractivity contribution < 1.29 is 4.79 Å². The summed E-state index contributed by atoms with van der Waals surface area (Å²) in [6, 6.07) is 16.1. The van der Waals surface area contributed by atoms with E-state index in [1.165, 1.54) is 6.92 Å². The molecule has 30 heavy (non-hydrogen) atoms. The molecule has 0 saturated heterocycles. The minimum Gasteiger partial charge on any atom is -0.366 e. The van der Waals surface area contributed by atoms with E-state index in [0.717, 1.165) is 38.9 Å². The molecule has 0 aliphatic heterocycles. The van der Waals surface area contributed by atoms with Crippen molar-refractivity contribution in [1.82, 2.24) is 24.9 Å². The third-order valence-electron chi connectivity index (χ3n) is 4.44. The van der Waals surface area contributed by atoms with Crippen LogP contribution in [-0.2, 0) is 11.3 Å². The number of amides is 1. The smallest absolute Gasteiger partial charge is 0.216 e. The van der Waals surface area contributed by atoms with Gasteiger partial charge in [-0.1, -0.05) is 36.4 Å². The van der Waals surface area contributed by atoms with Crippen LogP contribution in [0.15, 0.2) is 72.0 Å². The molecular formula is C22H22N6OS. The Morgan fingerprint density at radius 3 is 2.77 bits per heavy atom. The number of carbonyl (C=O) groups excluding carboxylic acids is 1. The van der Waals surface area contributed by atoms with Gasteiger partial charge < -0.3 is 10.6 Å². The van der Waals surface area contributed by atoms with E-state index in [2.05, 4.69) is 20.7 Å². The summed E-state index contributed by atoms with van der Waals surface area (Å²) in [5, 5.41) is 10.8. The molecule has 4 rings (SSSR count). The van der Waals surface area contributed by atoms with Gasteiger partial charge in [0, 0.05) is 49.8 Å². The van der Waals surface area contributed by atoms with E-state index in [-0.39, 0.29) is 5.91 Å². The van der Waals surface area contributed by atoms with Crippen LogP contribution < -0.4 is 10.6 Å². The third-order valence-corrected chi connectivity index (χ3v) is 5.45. The number of pyridine rings is 1. The highest BCUT2D eigenvalue weighted by atomic mass is 32.2. The van der Waals surface area contributed by atoms with E-state index in [1.807, 2.05) is 65.4 Å². The van der Waals surface area contributed by atoms with Crippen LogP contribution in [0.5, 0.6) is 0 Å². The van der Waals surface area contributed by atoms with Crippen LogP contribution in [0.1, 0.15) is 12.5 Å². The number of hydrogen-bond acceptors (Lipinski definition) is 6. The monoisotopic (exact) mass is 418 g/mol. The number of thioether (sulfide) groups is 1. The zero-order valence-corrected chi connectivity index (χ0v) is 17.4. The van der Waals surface area contributed by atoms with Crippen LogP contribution >= 0.6 is 11.8 Å². The summed E-state index contributed by atoms with van der Waals surface area (Å²) in [6.07, 6.45) is 5.43. The molecule has 0 saturated carbocycles. The van der Waals surface area contributed by atoms with Gasteiger partial charge in [0.05, 0.1) is 16.8 Å². The highest BCUT2D eigenvalue weighted by molar-refractivity contribution is 7.99. The Balaban J connectivity index is 1.65. The number of fused-ring (bicyclic) bond motifs is 1. The normalized spacial score (nSPS) is 10.8. The van der Waals surface area contributed by atoms with Gasteiger partial charge in [0.1, 0.15) is 5.82 Å². The lowest BCUT2D eigenvalue weighted by molar-refractivity contribution is -0.118. The van der Waals surface area contributed by atoms with Crippen LogP contribution in [0.2, 0.25) is 0 Å². The molecule has 0 aliphatic carbocycles. The summed E-state index contributed by atoms with van der Waals surface area (Å²) < 4.78 is 1.82. The molecule has 3 aromatic heterocycles. The fourth-order valence-electron chi connectivity index (χ4n) is 3.01. The van der Waals surface area contributed by atoms with E-state index in [9.17, 15) is 4.79 Å². The van der Waals surface area contributed by atoms with E-state index in [0.29, 0.717) is 13.1 Å². The van der Waals surface area contributed by atoms with Crippen molar-refractivity contribution in [1.29, 1.82) is 0 Å². The molecule has 0 bridgehead atoms. The van der Waals surface area contributed by atoms with Gasteiger partial charge >= 0.3 is 0 Å². The summed E-state index contributed by atoms with van der Waals surface area (Å²) in [4.78, 5) is 21.1. The predicted molar refractivity (Wildman–Crippen MR) is 119 cm³/mol. The standard InChI is InChI=1S/C22H22N6OS/c1-16(29)24-10-11-30-20-15-26-28-21(25-14-17-6-5-9-23-13-17)12-19(27-22(20)28)18-7-3-2-4-8-18/h2-9,12-13,15,25H,10-11,14H2,1H3,(H,24,29). The number of nitrogens with zero attached hydrogens (tertiary/aromatic N) is 4. The minimum atomic E-state index is -0.0261. The molecular weight excluding hydrogens is 396 g/mol. The van der Waals surface area contributed by atoms with E-state index in [1.54, 1.807) is 18.0 Å². The molecule has 4 aromatic rings. The Morgan fingerprint density at radius 2 is 2.00 bits per heavy atom. The maximum atomic E-state index is 11.1. The number of hydrogen-bond donors (Lipinski definition) is 2. The van der Waals surface area contributed by atoms with Gasteiger partial charge in [0.15, 0.2) is 5.65 Å². The Morgan fingerprint density at radius 1 is 1.13 bits per heavy atom. The quantitative estimate of drug-likeness (QED) is 0.336. The van der Waals surface area contributed by atoms with Crippen LogP contribution in [0.4, 0.5) is 5.82 Å². The van der Waals surface area contributed by atoms with Gasteiger partial charge in [-0.3, -0.25) is 9.78 Å². The van der Waals surface area contributed by atoms with Crippen molar-refractivity contribution in [3.05, 3.63) is 72.7 Å². The second-order valence-corrected chi connectivity index (χ2v) is 7.82. The van der Waals surface area contributed by atoms with Gasteiger partial charge in [-0.25, -0.2) is 4.98 Å². The first kappa shape index (κ1) is 19.9. The lowest BCUT2D eigenvalue weighted by atomic mass is 10.1. The second kappa shape index (κ2) is 9.41. The molecule has 152 valence electrons. The Labute approximate surface area is 179 Å². The van der Waals surface area contributed by atoms with Crippen molar-refractivity contribution in [2.24, 2.45) is 0 Å². The van der Waals surface area contributed by atoms with Crippen molar-refractivity contribution in [3.63, 3.8) is 0 Å². The maximum Gasteiger partial charge on any atom is 0.216 e. The average molecular weight is 419 g/mol. The van der Waals surface area contributed by atoms with Crippen molar-refractivity contribution in [3.8, 4) is 11.3 Å². The lowest BCUT2D eigenvalue weighted by Gasteiger charge is -2.11. The summed E-state index contributed by atoms with van der Waals surface area (Å²) in [7, 11) is 0. The first-order chi connectivity index (χ1) is 14.7. The van der Waals surface area contributed by atoms with E-state index < -0.39 is 0 Å². The minimum absolute atomic E-state index is 0.0261. The van der Waals surface area contributed by atoms with Crippen LogP contribution in [0.25, 0.3) is 16.9 Å². The molecule has 2 N–H and O–H groups in total. The molecule has 0 fully saturated rings. The molecule has 8 heteroatoms. The van der Waals surface area contributed by atoms with Gasteiger partial charge in [-0.15, -0.1) is 11.8 Å². The third kappa shape index (κ3) is 4.77. The number of anilines is 1. The van der Waals surface area contributed by atoms with Gasteiger partial charge in [-0.2, -0.15) is 9.61 Å². The molecule has 3 heterocycles. The van der Waals surface area contributed by atoms with E-state index >= 15 is 0 Å². The predicted octanol–water partition coefficient (Wildman–Crippen LogP) is 3.63. The second-order valence-electron chi connectivity index (χ2n) is 6.68. The maximum absolute atomic E-state index is 11.1. The van der Waals surface area contributed by atoms with E-state index in [4.69, 9.17) is 4.98 Å². The number of benzene rings is 1. The number of nitrogens with one attached hydrogen (secondary N) is 2. The average Bonchev–Trinajstić information content (AvgIpc) is 3.19. The SMILES string of the molecule is CC(=O)NCCSc1cnn2c(NCc3cccnc3)cc(-c3ccccc3)nc12. The summed E-state index contributed by atoms with van der Waals surface area (Å²) >= 11 is 1.63. The first-order valence-corrected chi connectivity index (χ1v) is 10.6. The van der Waals surface area contributed by atoms with Gasteiger partial charge in [0.25, 0.3) is 0 Å². The van der Waals surface area contributed by atoms with Crippen molar-refractivity contribution >= 4 is 29.1 Å². The number of carbonyl (C=O) groups is 1.